The molecule has 4 rings (SSSR count). The fraction of sp³-hybridized carbons (Fsp3) is 0.312. The van der Waals surface area contributed by atoms with Crippen LogP contribution in [-0.4, -0.2) is 58.1 Å². The monoisotopic (exact) mass is 551 g/mol. The Balaban J connectivity index is 1.52. The number of hydrogen-bond acceptors (Lipinski definition) is 12. The van der Waals surface area contributed by atoms with Gasteiger partial charge in [-0.2, -0.15) is 4.31 Å². The van der Waals surface area contributed by atoms with E-state index in [1.165, 1.54) is 41.5 Å². The minimum atomic E-state index is -5.55. The van der Waals surface area contributed by atoms with E-state index >= 15 is 0 Å². The van der Waals surface area contributed by atoms with Gasteiger partial charge in [0.1, 0.15) is 24.2 Å². The second kappa shape index (κ2) is 9.77. The van der Waals surface area contributed by atoms with E-state index in [0.29, 0.717) is 11.2 Å². The molecule has 0 amide bonds. The Bertz CT molecular complexity index is 1350. The SMILES string of the molecule is Nc1ncnc2c1ncn2[C@H]1C[C@H](O)[C@@H](COP(=O)(OP(=O)(O)OP(=O)(O)O)c2ccccc2)O1. The van der Waals surface area contributed by atoms with Crippen molar-refractivity contribution in [1.82, 2.24) is 19.5 Å². The third-order valence-electron chi connectivity index (χ3n) is 4.80. The van der Waals surface area contributed by atoms with E-state index in [1.54, 1.807) is 6.07 Å². The van der Waals surface area contributed by atoms with Crippen molar-refractivity contribution in [2.24, 2.45) is 0 Å². The lowest BCUT2D eigenvalue weighted by Gasteiger charge is -2.23. The number of phosphoric acid groups is 2. The van der Waals surface area contributed by atoms with Crippen LogP contribution in [0.5, 0.6) is 0 Å². The average Bonchev–Trinajstić information content (AvgIpc) is 3.35. The molecule has 1 aliphatic rings. The molecule has 1 aromatic carbocycles. The maximum atomic E-state index is 13.4. The summed E-state index contributed by atoms with van der Waals surface area (Å²) in [6.07, 6.45) is -0.291. The molecule has 0 spiro atoms. The third kappa shape index (κ3) is 6.02. The molecule has 1 fully saturated rings. The Kier molecular flexibility index (Phi) is 7.26. The van der Waals surface area contributed by atoms with Crippen LogP contribution < -0.4 is 11.0 Å². The summed E-state index contributed by atoms with van der Waals surface area (Å²) in [5.41, 5.74) is 6.46. The summed E-state index contributed by atoms with van der Waals surface area (Å²) < 4.78 is 57.4. The number of aliphatic hydroxyl groups is 1. The first-order valence-electron chi connectivity index (χ1n) is 9.75. The van der Waals surface area contributed by atoms with Crippen molar-refractivity contribution in [3.8, 4) is 0 Å². The largest absolute Gasteiger partial charge is 0.488 e. The smallest absolute Gasteiger partial charge is 0.390 e. The number of nitrogen functional groups attached to an aromatic ring is 1. The zero-order valence-corrected chi connectivity index (χ0v) is 20.2. The first-order valence-corrected chi connectivity index (χ1v) is 14.3. The fourth-order valence-electron chi connectivity index (χ4n) is 3.33. The van der Waals surface area contributed by atoms with E-state index < -0.39 is 48.3 Å². The highest BCUT2D eigenvalue weighted by molar-refractivity contribution is 7.72. The van der Waals surface area contributed by atoms with Gasteiger partial charge in [0.05, 0.1) is 24.3 Å². The van der Waals surface area contributed by atoms with Gasteiger partial charge in [0.2, 0.25) is 0 Å². The lowest BCUT2D eigenvalue weighted by Crippen LogP contribution is -2.27. The summed E-state index contributed by atoms with van der Waals surface area (Å²) in [7, 11) is -15.7. The van der Waals surface area contributed by atoms with Crippen LogP contribution in [0.2, 0.25) is 0 Å². The molecule has 3 heterocycles. The maximum absolute atomic E-state index is 13.4. The Labute approximate surface area is 197 Å². The summed E-state index contributed by atoms with van der Waals surface area (Å²) in [6.45, 7) is -0.594. The molecule has 3 aromatic rings. The summed E-state index contributed by atoms with van der Waals surface area (Å²) in [6, 6.07) is 6.90. The number of anilines is 1. The number of nitrogens with two attached hydrogens (primary N) is 1. The van der Waals surface area contributed by atoms with Crippen molar-refractivity contribution in [3.05, 3.63) is 43.0 Å². The molecule has 16 nitrogen and oxygen atoms in total. The molecule has 0 saturated carbocycles. The first-order chi connectivity index (χ1) is 16.4. The Morgan fingerprint density at radius 1 is 1.09 bits per heavy atom. The van der Waals surface area contributed by atoms with Gasteiger partial charge in [0, 0.05) is 6.42 Å². The highest BCUT2D eigenvalue weighted by Gasteiger charge is 2.44. The van der Waals surface area contributed by atoms with Crippen molar-refractivity contribution < 1.29 is 51.4 Å². The molecular weight excluding hydrogens is 531 g/mol. The second-order valence-corrected chi connectivity index (χ2v) is 12.3. The molecule has 1 aliphatic heterocycles. The molecular formula is C16H20N5O11P3. The van der Waals surface area contributed by atoms with Crippen LogP contribution in [0.1, 0.15) is 12.6 Å². The zero-order valence-electron chi connectivity index (χ0n) is 17.5. The number of imidazole rings is 1. The van der Waals surface area contributed by atoms with Gasteiger partial charge in [0.15, 0.2) is 11.5 Å². The molecule has 1 saturated heterocycles. The highest BCUT2D eigenvalue weighted by atomic mass is 31.3. The Morgan fingerprint density at radius 3 is 2.49 bits per heavy atom. The quantitative estimate of drug-likeness (QED) is 0.231. The maximum Gasteiger partial charge on any atom is 0.488 e. The Morgan fingerprint density at radius 2 is 1.80 bits per heavy atom. The molecule has 19 heteroatoms. The van der Waals surface area contributed by atoms with E-state index in [-0.39, 0.29) is 17.5 Å². The van der Waals surface area contributed by atoms with Crippen molar-refractivity contribution in [1.29, 1.82) is 0 Å². The Hall–Kier alpha value is -2.06. The lowest BCUT2D eigenvalue weighted by molar-refractivity contribution is -0.0391. The van der Waals surface area contributed by atoms with E-state index in [4.69, 9.17) is 24.8 Å². The lowest BCUT2D eigenvalue weighted by atomic mass is 10.2. The van der Waals surface area contributed by atoms with Gasteiger partial charge < -0.3 is 34.8 Å². The topological polar surface area (TPSA) is 239 Å². The molecule has 2 aromatic heterocycles. The molecule has 5 atom stereocenters. The number of nitrogens with zero attached hydrogens (tertiary/aromatic N) is 4. The van der Waals surface area contributed by atoms with E-state index in [0.717, 1.165) is 0 Å². The molecule has 190 valence electrons. The van der Waals surface area contributed by atoms with E-state index in [9.17, 15) is 23.7 Å². The van der Waals surface area contributed by atoms with Crippen LogP contribution in [-0.2, 0) is 31.6 Å². The standard InChI is InChI=1S/C16H20N5O11P3/c17-15-14-16(19-8-18-15)21(9-20-14)13-6-11(22)12(30-13)7-29-33(23,10-4-2-1-3-5-10)31-35(27,28)32-34(24,25)26/h1-5,8-9,11-13,22H,6-7H2,(H,27,28)(H2,17,18,19)(H2,24,25,26)/t11-,12+,13+,33?/m0/s1. The van der Waals surface area contributed by atoms with E-state index in [2.05, 4.69) is 23.6 Å². The number of aliphatic hydroxyl groups excluding tert-OH is 1. The molecule has 6 N–H and O–H groups in total. The number of ether oxygens (including phenoxy) is 1. The number of aromatic nitrogens is 4. The van der Waals surface area contributed by atoms with Crippen LogP contribution in [0.3, 0.4) is 0 Å². The normalized spacial score (nSPS) is 24.3. The van der Waals surface area contributed by atoms with Gasteiger partial charge in [-0.05, 0) is 12.1 Å². The zero-order chi connectivity index (χ0) is 25.4. The van der Waals surface area contributed by atoms with Crippen LogP contribution in [0.25, 0.3) is 11.2 Å². The average molecular weight is 551 g/mol. The summed E-state index contributed by atoms with van der Waals surface area (Å²) in [5.74, 6) is 0.152. The van der Waals surface area contributed by atoms with Crippen LogP contribution in [0, 0.1) is 0 Å². The minimum Gasteiger partial charge on any atom is -0.390 e. The summed E-state index contributed by atoms with van der Waals surface area (Å²) in [4.78, 5) is 39.5. The molecule has 0 aliphatic carbocycles. The molecule has 35 heavy (non-hydrogen) atoms. The number of fused-ring (bicyclic) bond motifs is 1. The number of rotatable bonds is 9. The molecule has 2 unspecified atom stereocenters. The molecule has 0 bridgehead atoms. The van der Waals surface area contributed by atoms with Crippen LogP contribution in [0.15, 0.2) is 43.0 Å². The predicted molar refractivity (Wildman–Crippen MR) is 118 cm³/mol. The third-order valence-corrected chi connectivity index (χ3v) is 9.58. The fourth-order valence-corrected chi connectivity index (χ4v) is 7.47. The number of benzene rings is 1. The minimum absolute atomic E-state index is 0.0553. The van der Waals surface area contributed by atoms with Crippen molar-refractivity contribution in [2.75, 3.05) is 12.3 Å². The first kappa shape index (κ1) is 26.0. The van der Waals surface area contributed by atoms with Gasteiger partial charge in [-0.15, -0.1) is 0 Å². The van der Waals surface area contributed by atoms with Crippen molar-refractivity contribution in [3.63, 3.8) is 0 Å². The van der Waals surface area contributed by atoms with Gasteiger partial charge in [-0.25, -0.2) is 28.4 Å². The van der Waals surface area contributed by atoms with E-state index in [1.807, 2.05) is 0 Å². The predicted octanol–water partition coefficient (Wildman–Crippen LogP) is 0.818. The van der Waals surface area contributed by atoms with Gasteiger partial charge >= 0.3 is 23.2 Å². The van der Waals surface area contributed by atoms with Crippen LogP contribution >= 0.6 is 23.2 Å². The van der Waals surface area contributed by atoms with Gasteiger partial charge in [0.25, 0.3) is 0 Å². The van der Waals surface area contributed by atoms with Crippen LogP contribution in [0.4, 0.5) is 5.82 Å². The second-order valence-electron chi connectivity index (χ2n) is 7.27. The highest BCUT2D eigenvalue weighted by Crippen LogP contribution is 2.67. The van der Waals surface area contributed by atoms with Gasteiger partial charge in [-0.1, -0.05) is 18.2 Å². The van der Waals surface area contributed by atoms with Crippen molar-refractivity contribution in [2.45, 2.75) is 24.9 Å². The molecule has 0 radical (unpaired) electrons. The summed E-state index contributed by atoms with van der Waals surface area (Å²) in [5, 5.41) is 10.3. The van der Waals surface area contributed by atoms with Gasteiger partial charge in [-0.3, -0.25) is 9.13 Å². The number of hydrogen-bond donors (Lipinski definition) is 5. The summed E-state index contributed by atoms with van der Waals surface area (Å²) >= 11 is 0. The van der Waals surface area contributed by atoms with Crippen molar-refractivity contribution >= 4 is 45.5 Å².